The maximum absolute atomic E-state index is 12.5. The fourth-order valence-electron chi connectivity index (χ4n) is 3.26. The molecule has 0 aliphatic carbocycles. The van der Waals surface area contributed by atoms with E-state index in [-0.39, 0.29) is 11.7 Å². The molecule has 4 rings (SSSR count). The lowest BCUT2D eigenvalue weighted by Gasteiger charge is -2.36. The molecule has 3 heterocycles. The minimum absolute atomic E-state index is 0.0566. The van der Waals surface area contributed by atoms with Gasteiger partial charge in [0.25, 0.3) is 0 Å². The Morgan fingerprint density at radius 3 is 2.55 bits per heavy atom. The first-order valence-electron chi connectivity index (χ1n) is 9.42. The zero-order chi connectivity index (χ0) is 20.2. The third-order valence-corrected chi connectivity index (χ3v) is 4.92. The molecule has 0 spiro atoms. The summed E-state index contributed by atoms with van der Waals surface area (Å²) in [6.07, 6.45) is 2.06. The zero-order valence-corrected chi connectivity index (χ0v) is 16.0. The van der Waals surface area contributed by atoms with Crippen LogP contribution in [-0.2, 0) is 11.2 Å². The summed E-state index contributed by atoms with van der Waals surface area (Å²) in [5.74, 6) is 1.28. The number of anilines is 1. The minimum Gasteiger partial charge on any atom is -0.368 e. The minimum atomic E-state index is 0.0566. The number of Topliss-reactive ketones (excluding diaryl/α,β-unsaturated/α-hetero) is 1. The first-order chi connectivity index (χ1) is 14.1. The van der Waals surface area contributed by atoms with E-state index in [2.05, 4.69) is 30.2 Å². The third kappa shape index (κ3) is 4.31. The molecule has 1 fully saturated rings. The Morgan fingerprint density at radius 1 is 1.14 bits per heavy atom. The first kappa shape index (κ1) is 18.8. The van der Waals surface area contributed by atoms with E-state index in [9.17, 15) is 9.59 Å². The Bertz CT molecular complexity index is 974. The predicted octanol–water partition coefficient (Wildman–Crippen LogP) is 1.34. The van der Waals surface area contributed by atoms with E-state index < -0.39 is 0 Å². The molecule has 1 N–H and O–H groups in total. The maximum Gasteiger partial charge on any atom is 0.239 e. The van der Waals surface area contributed by atoms with Gasteiger partial charge >= 0.3 is 0 Å². The van der Waals surface area contributed by atoms with E-state index in [4.69, 9.17) is 4.52 Å². The molecule has 0 radical (unpaired) electrons. The van der Waals surface area contributed by atoms with Gasteiger partial charge in [-0.25, -0.2) is 4.98 Å². The summed E-state index contributed by atoms with van der Waals surface area (Å²) in [4.78, 5) is 36.2. The highest BCUT2D eigenvalue weighted by molar-refractivity contribution is 5.94. The van der Waals surface area contributed by atoms with Gasteiger partial charge in [-0.05, 0) is 31.2 Å². The normalized spacial score (nSPS) is 14.2. The summed E-state index contributed by atoms with van der Waals surface area (Å²) in [5.41, 5.74) is 1.77. The Labute approximate surface area is 166 Å². The fourth-order valence-corrected chi connectivity index (χ4v) is 3.26. The van der Waals surface area contributed by atoms with Gasteiger partial charge in [-0.1, -0.05) is 5.16 Å². The number of aromatic amines is 1. The summed E-state index contributed by atoms with van der Waals surface area (Å²) < 4.78 is 5.18. The number of H-pyrrole nitrogens is 1. The second kappa shape index (κ2) is 8.21. The molecule has 3 aromatic rings. The SMILES string of the molecule is CC(=O)c1ccc(N2CCN(C(=O)CCc3nc(-c4ncn[nH]4)no3)CC2)cc1. The van der Waals surface area contributed by atoms with Crippen LogP contribution in [0, 0.1) is 0 Å². The summed E-state index contributed by atoms with van der Waals surface area (Å²) in [5, 5.41) is 10.2. The number of nitrogens with one attached hydrogen (secondary N) is 1. The Morgan fingerprint density at radius 2 is 1.90 bits per heavy atom. The number of aromatic nitrogens is 5. The average molecular weight is 395 g/mol. The van der Waals surface area contributed by atoms with Gasteiger partial charge in [0.05, 0.1) is 0 Å². The Kier molecular flexibility index (Phi) is 5.32. The predicted molar refractivity (Wildman–Crippen MR) is 103 cm³/mol. The molecule has 1 aliphatic rings. The molecular weight excluding hydrogens is 374 g/mol. The second-order valence-electron chi connectivity index (χ2n) is 6.82. The van der Waals surface area contributed by atoms with Crippen molar-refractivity contribution in [3.05, 3.63) is 42.0 Å². The second-order valence-corrected chi connectivity index (χ2v) is 6.82. The van der Waals surface area contributed by atoms with Gasteiger partial charge in [0.1, 0.15) is 6.33 Å². The van der Waals surface area contributed by atoms with Crippen LogP contribution in [0.3, 0.4) is 0 Å². The topological polar surface area (TPSA) is 121 Å². The smallest absolute Gasteiger partial charge is 0.239 e. The summed E-state index contributed by atoms with van der Waals surface area (Å²) in [6, 6.07) is 7.59. The Hall–Kier alpha value is -3.56. The first-order valence-corrected chi connectivity index (χ1v) is 9.42. The molecular formula is C19H21N7O3. The lowest BCUT2D eigenvalue weighted by molar-refractivity contribution is -0.131. The standard InChI is InChI=1S/C19H21N7O3/c1-13(27)14-2-4-15(5-3-14)25-8-10-26(11-9-25)17(28)7-6-16-22-19(24-29-16)18-20-12-21-23-18/h2-5,12H,6-11H2,1H3,(H,20,21,23). The summed E-state index contributed by atoms with van der Waals surface area (Å²) in [7, 11) is 0. The van der Waals surface area contributed by atoms with Gasteiger partial charge < -0.3 is 14.3 Å². The Balaban J connectivity index is 1.26. The van der Waals surface area contributed by atoms with Gasteiger partial charge in [0, 0.05) is 50.3 Å². The van der Waals surface area contributed by atoms with E-state index in [0.717, 1.165) is 18.8 Å². The average Bonchev–Trinajstić information content (AvgIpc) is 3.44. The van der Waals surface area contributed by atoms with E-state index in [1.54, 1.807) is 6.92 Å². The number of amides is 1. The van der Waals surface area contributed by atoms with Crippen molar-refractivity contribution in [3.8, 4) is 11.6 Å². The van der Waals surface area contributed by atoms with Crippen LogP contribution in [-0.4, -0.2) is 68.1 Å². The number of hydrogen-bond acceptors (Lipinski definition) is 8. The summed E-state index contributed by atoms with van der Waals surface area (Å²) in [6.45, 7) is 4.37. The fraction of sp³-hybridized carbons (Fsp3) is 0.368. The van der Waals surface area contributed by atoms with Crippen LogP contribution in [0.25, 0.3) is 11.6 Å². The number of ketones is 1. The zero-order valence-electron chi connectivity index (χ0n) is 16.0. The molecule has 29 heavy (non-hydrogen) atoms. The van der Waals surface area contributed by atoms with E-state index >= 15 is 0 Å². The number of piperazine rings is 1. The molecule has 10 heteroatoms. The largest absolute Gasteiger partial charge is 0.368 e. The van der Waals surface area contributed by atoms with Crippen molar-refractivity contribution in [1.29, 1.82) is 0 Å². The number of carbonyl (C=O) groups excluding carboxylic acids is 2. The van der Waals surface area contributed by atoms with Gasteiger partial charge in [0.15, 0.2) is 11.6 Å². The van der Waals surface area contributed by atoms with Crippen LogP contribution < -0.4 is 4.90 Å². The number of carbonyl (C=O) groups is 2. The molecule has 1 aliphatic heterocycles. The molecule has 0 saturated carbocycles. The van der Waals surface area contributed by atoms with Crippen molar-refractivity contribution >= 4 is 17.4 Å². The molecule has 150 valence electrons. The molecule has 10 nitrogen and oxygen atoms in total. The number of benzene rings is 1. The van der Waals surface area contributed by atoms with E-state index in [1.807, 2.05) is 29.2 Å². The van der Waals surface area contributed by atoms with Crippen LogP contribution in [0.15, 0.2) is 35.1 Å². The van der Waals surface area contributed by atoms with Crippen molar-refractivity contribution in [3.63, 3.8) is 0 Å². The number of hydrogen-bond donors (Lipinski definition) is 1. The lowest BCUT2D eigenvalue weighted by atomic mass is 10.1. The van der Waals surface area contributed by atoms with Crippen LogP contribution >= 0.6 is 0 Å². The third-order valence-electron chi connectivity index (χ3n) is 4.92. The monoisotopic (exact) mass is 395 g/mol. The van der Waals surface area contributed by atoms with Crippen molar-refractivity contribution < 1.29 is 14.1 Å². The van der Waals surface area contributed by atoms with Gasteiger partial charge in [0.2, 0.25) is 17.6 Å². The van der Waals surface area contributed by atoms with Crippen LogP contribution in [0.1, 0.15) is 29.6 Å². The highest BCUT2D eigenvalue weighted by Crippen LogP contribution is 2.18. The van der Waals surface area contributed by atoms with Gasteiger partial charge in [-0.2, -0.15) is 10.1 Å². The van der Waals surface area contributed by atoms with Crippen molar-refractivity contribution in [2.45, 2.75) is 19.8 Å². The number of nitrogens with zero attached hydrogens (tertiary/aromatic N) is 6. The summed E-state index contributed by atoms with van der Waals surface area (Å²) >= 11 is 0. The molecule has 0 unspecified atom stereocenters. The van der Waals surface area contributed by atoms with Crippen molar-refractivity contribution in [2.75, 3.05) is 31.1 Å². The van der Waals surface area contributed by atoms with Crippen LogP contribution in [0.2, 0.25) is 0 Å². The van der Waals surface area contributed by atoms with E-state index in [0.29, 0.717) is 49.0 Å². The molecule has 0 atom stereocenters. The van der Waals surface area contributed by atoms with Crippen molar-refractivity contribution in [2.24, 2.45) is 0 Å². The quantitative estimate of drug-likeness (QED) is 0.621. The van der Waals surface area contributed by atoms with Gasteiger partial charge in [-0.15, -0.1) is 0 Å². The van der Waals surface area contributed by atoms with E-state index in [1.165, 1.54) is 6.33 Å². The van der Waals surface area contributed by atoms with Gasteiger partial charge in [-0.3, -0.25) is 14.7 Å². The molecule has 1 saturated heterocycles. The van der Waals surface area contributed by atoms with Crippen LogP contribution in [0.4, 0.5) is 5.69 Å². The highest BCUT2D eigenvalue weighted by atomic mass is 16.5. The molecule has 2 aromatic heterocycles. The molecule has 0 bridgehead atoms. The van der Waals surface area contributed by atoms with Crippen LogP contribution in [0.5, 0.6) is 0 Å². The molecule has 1 aromatic carbocycles. The molecule has 1 amide bonds. The number of aryl methyl sites for hydroxylation is 1. The van der Waals surface area contributed by atoms with Crippen molar-refractivity contribution in [1.82, 2.24) is 30.2 Å². The maximum atomic E-state index is 12.5. The lowest BCUT2D eigenvalue weighted by Crippen LogP contribution is -2.48. The number of rotatable bonds is 6. The highest BCUT2D eigenvalue weighted by Gasteiger charge is 2.22.